The summed E-state index contributed by atoms with van der Waals surface area (Å²) >= 11 is 6.30. The van der Waals surface area contributed by atoms with Gasteiger partial charge in [-0.25, -0.2) is 0 Å². The molecule has 32 heavy (non-hydrogen) atoms. The van der Waals surface area contributed by atoms with E-state index in [2.05, 4.69) is 0 Å². The third-order valence-corrected chi connectivity index (χ3v) is 5.65. The maximum atomic E-state index is 13.1. The molecule has 0 saturated carbocycles. The fourth-order valence-electron chi connectivity index (χ4n) is 3.72. The fourth-order valence-corrected chi connectivity index (χ4v) is 3.92. The predicted octanol–water partition coefficient (Wildman–Crippen LogP) is 4.67. The van der Waals surface area contributed by atoms with Gasteiger partial charge in [-0.15, -0.1) is 0 Å². The number of unbranched alkanes of at least 4 members (excludes halogenated alkanes) is 1. The summed E-state index contributed by atoms with van der Waals surface area (Å²) in [6.07, 6.45) is 1.50. The average molecular weight is 460 g/mol. The second kappa shape index (κ2) is 9.96. The number of methoxy groups -OCH3 is 1. The van der Waals surface area contributed by atoms with Crippen LogP contribution in [-0.2, 0) is 9.59 Å². The zero-order valence-electron chi connectivity index (χ0n) is 18.2. The minimum Gasteiger partial charge on any atom is -0.507 e. The Morgan fingerprint density at radius 2 is 1.91 bits per heavy atom. The monoisotopic (exact) mass is 459 g/mol. The highest BCUT2D eigenvalue weighted by molar-refractivity contribution is 6.47. The number of Topliss-reactive ketones (excluding diaryl/α,β-unsaturated/α-hetero) is 1. The van der Waals surface area contributed by atoms with Crippen LogP contribution in [0.5, 0.6) is 17.2 Å². The second-order valence-electron chi connectivity index (χ2n) is 7.35. The zero-order valence-corrected chi connectivity index (χ0v) is 19.0. The van der Waals surface area contributed by atoms with Crippen molar-refractivity contribution in [2.24, 2.45) is 0 Å². The van der Waals surface area contributed by atoms with Gasteiger partial charge >= 0.3 is 0 Å². The largest absolute Gasteiger partial charge is 0.507 e. The lowest BCUT2D eigenvalue weighted by molar-refractivity contribution is -0.139. The minimum atomic E-state index is -0.858. The van der Waals surface area contributed by atoms with Crippen molar-refractivity contribution in [3.63, 3.8) is 0 Å². The Labute approximate surface area is 191 Å². The summed E-state index contributed by atoms with van der Waals surface area (Å²) in [6.45, 7) is 4.42. The van der Waals surface area contributed by atoms with Crippen LogP contribution in [-0.4, -0.2) is 47.1 Å². The Morgan fingerprint density at radius 1 is 1.16 bits per heavy atom. The molecule has 1 aliphatic heterocycles. The highest BCUT2D eigenvalue weighted by Gasteiger charge is 2.46. The van der Waals surface area contributed by atoms with Crippen LogP contribution >= 0.6 is 11.6 Å². The van der Waals surface area contributed by atoms with Crippen LogP contribution in [0.2, 0.25) is 5.02 Å². The number of halogens is 1. The van der Waals surface area contributed by atoms with Crippen molar-refractivity contribution < 1.29 is 29.3 Å². The van der Waals surface area contributed by atoms with Crippen molar-refractivity contribution in [2.45, 2.75) is 32.7 Å². The number of hydrogen-bond acceptors (Lipinski definition) is 6. The lowest BCUT2D eigenvalue weighted by Gasteiger charge is -2.25. The molecule has 0 bridgehead atoms. The van der Waals surface area contributed by atoms with Gasteiger partial charge in [0.05, 0.1) is 30.4 Å². The summed E-state index contributed by atoms with van der Waals surface area (Å²) in [6, 6.07) is 8.46. The molecule has 1 heterocycles. The number of benzene rings is 2. The van der Waals surface area contributed by atoms with Crippen molar-refractivity contribution >= 4 is 29.1 Å². The normalized spacial score (nSPS) is 17.6. The Hall–Kier alpha value is -3.19. The third kappa shape index (κ3) is 4.39. The van der Waals surface area contributed by atoms with Gasteiger partial charge in [-0.3, -0.25) is 9.59 Å². The van der Waals surface area contributed by atoms with E-state index in [-0.39, 0.29) is 33.4 Å². The molecule has 2 aromatic rings. The smallest absolute Gasteiger partial charge is 0.295 e. The minimum absolute atomic E-state index is 0.0584. The van der Waals surface area contributed by atoms with E-state index in [1.54, 1.807) is 31.2 Å². The highest BCUT2D eigenvalue weighted by Crippen LogP contribution is 2.43. The predicted molar refractivity (Wildman–Crippen MR) is 121 cm³/mol. The molecule has 8 heteroatoms. The first-order chi connectivity index (χ1) is 15.3. The molecule has 2 aromatic carbocycles. The van der Waals surface area contributed by atoms with Crippen molar-refractivity contribution in [1.29, 1.82) is 0 Å². The average Bonchev–Trinajstić information content (AvgIpc) is 3.04. The van der Waals surface area contributed by atoms with Gasteiger partial charge in [-0.1, -0.05) is 31.0 Å². The summed E-state index contributed by atoms with van der Waals surface area (Å²) in [5, 5.41) is 21.5. The Kier molecular flexibility index (Phi) is 7.30. The van der Waals surface area contributed by atoms with Crippen LogP contribution in [0.4, 0.5) is 0 Å². The Morgan fingerprint density at radius 3 is 2.56 bits per heavy atom. The zero-order chi connectivity index (χ0) is 23.4. The quantitative estimate of drug-likeness (QED) is 0.338. The number of aliphatic hydroxyl groups is 1. The van der Waals surface area contributed by atoms with Crippen LogP contribution in [0.1, 0.15) is 43.9 Å². The second-order valence-corrected chi connectivity index (χ2v) is 7.76. The summed E-state index contributed by atoms with van der Waals surface area (Å²) in [5.41, 5.74) is 0.643. The molecule has 7 nitrogen and oxygen atoms in total. The molecular formula is C24H26ClNO6. The number of phenols is 1. The van der Waals surface area contributed by atoms with Crippen molar-refractivity contribution in [3.05, 3.63) is 58.1 Å². The number of carbonyl (C=O) groups excluding carboxylic acids is 2. The van der Waals surface area contributed by atoms with E-state index in [1.165, 1.54) is 24.1 Å². The molecule has 1 atom stereocenters. The van der Waals surface area contributed by atoms with E-state index in [9.17, 15) is 19.8 Å². The molecular weight excluding hydrogens is 434 g/mol. The van der Waals surface area contributed by atoms with Gasteiger partial charge in [0.15, 0.2) is 11.5 Å². The number of aliphatic hydroxyl groups excluding tert-OH is 1. The lowest BCUT2D eigenvalue weighted by atomic mass is 9.94. The standard InChI is InChI=1S/C24H26ClNO6/c1-4-6-11-26-21(14-7-10-18(27)19(12-14)32-5-2)20(23(29)24(26)30)22(28)16-13-15(31-3)8-9-17(16)25/h7-10,12-13,21,27-28H,4-6,11H2,1-3H3/b22-20+. The van der Waals surface area contributed by atoms with Crippen molar-refractivity contribution in [3.8, 4) is 17.2 Å². The number of rotatable bonds is 8. The van der Waals surface area contributed by atoms with Crippen LogP contribution in [0, 0.1) is 0 Å². The molecule has 2 N–H and O–H groups in total. The third-order valence-electron chi connectivity index (χ3n) is 5.32. The molecule has 1 aliphatic rings. The molecule has 1 amide bonds. The maximum Gasteiger partial charge on any atom is 0.295 e. The maximum absolute atomic E-state index is 13.1. The van der Waals surface area contributed by atoms with E-state index < -0.39 is 17.7 Å². The lowest BCUT2D eigenvalue weighted by Crippen LogP contribution is -2.30. The van der Waals surface area contributed by atoms with Gasteiger partial charge in [0, 0.05) is 12.1 Å². The van der Waals surface area contributed by atoms with Crippen LogP contribution < -0.4 is 9.47 Å². The molecule has 0 aliphatic carbocycles. The number of phenolic OH excluding ortho intramolecular Hbond substituents is 1. The van der Waals surface area contributed by atoms with Crippen LogP contribution in [0.3, 0.4) is 0 Å². The number of ether oxygens (including phenoxy) is 2. The summed E-state index contributed by atoms with van der Waals surface area (Å²) in [5.74, 6) is -1.27. The summed E-state index contributed by atoms with van der Waals surface area (Å²) in [4.78, 5) is 27.4. The Balaban J connectivity index is 2.23. The molecule has 1 unspecified atom stereocenters. The first-order valence-corrected chi connectivity index (χ1v) is 10.8. The number of likely N-dealkylation sites (tertiary alicyclic amines) is 1. The van der Waals surface area contributed by atoms with E-state index >= 15 is 0 Å². The molecule has 1 fully saturated rings. The first-order valence-electron chi connectivity index (χ1n) is 10.4. The molecule has 0 radical (unpaired) electrons. The van der Waals surface area contributed by atoms with E-state index in [0.717, 1.165) is 6.42 Å². The van der Waals surface area contributed by atoms with Crippen molar-refractivity contribution in [2.75, 3.05) is 20.3 Å². The summed E-state index contributed by atoms with van der Waals surface area (Å²) in [7, 11) is 1.47. The van der Waals surface area contributed by atoms with E-state index in [1.807, 2.05) is 6.92 Å². The highest BCUT2D eigenvalue weighted by atomic mass is 35.5. The van der Waals surface area contributed by atoms with E-state index in [4.69, 9.17) is 21.1 Å². The molecule has 3 rings (SSSR count). The first kappa shape index (κ1) is 23.5. The number of amides is 1. The van der Waals surface area contributed by atoms with Gasteiger partial charge in [0.25, 0.3) is 11.7 Å². The molecule has 170 valence electrons. The fraction of sp³-hybridized carbons (Fsp3) is 0.333. The SMILES string of the molecule is CCCCN1C(=O)C(=O)/C(=C(/O)c2cc(OC)ccc2Cl)C1c1ccc(O)c(OCC)c1. The summed E-state index contributed by atoms with van der Waals surface area (Å²) < 4.78 is 10.7. The molecule has 1 saturated heterocycles. The topological polar surface area (TPSA) is 96.3 Å². The van der Waals surface area contributed by atoms with Gasteiger partial charge in [-0.05, 0) is 49.2 Å². The number of nitrogens with zero attached hydrogens (tertiary/aromatic N) is 1. The van der Waals surface area contributed by atoms with Gasteiger partial charge in [0.2, 0.25) is 0 Å². The number of carbonyl (C=O) groups is 2. The van der Waals surface area contributed by atoms with Gasteiger partial charge < -0.3 is 24.6 Å². The van der Waals surface area contributed by atoms with Gasteiger partial charge in [0.1, 0.15) is 11.5 Å². The van der Waals surface area contributed by atoms with Crippen LogP contribution in [0.15, 0.2) is 42.0 Å². The van der Waals surface area contributed by atoms with Crippen molar-refractivity contribution in [1.82, 2.24) is 4.90 Å². The van der Waals surface area contributed by atoms with Gasteiger partial charge in [-0.2, -0.15) is 0 Å². The number of aromatic hydroxyl groups is 1. The number of hydrogen-bond donors (Lipinski definition) is 2. The number of ketones is 1. The molecule has 0 spiro atoms. The molecule has 0 aromatic heterocycles. The Bertz CT molecular complexity index is 1060. The van der Waals surface area contributed by atoms with E-state index in [0.29, 0.717) is 30.9 Å². The van der Waals surface area contributed by atoms with Crippen LogP contribution in [0.25, 0.3) is 5.76 Å².